The molecule has 0 bridgehead atoms. The number of benzene rings is 1. The summed E-state index contributed by atoms with van der Waals surface area (Å²) in [4.78, 5) is 32.6. The molecule has 0 saturated heterocycles. The third kappa shape index (κ3) is 3.18. The first-order valence-corrected chi connectivity index (χ1v) is 5.37. The van der Waals surface area contributed by atoms with Crippen molar-refractivity contribution in [2.45, 2.75) is 13.0 Å². The number of rotatable bonds is 5. The molecule has 1 amide bonds. The number of carbonyl (C=O) groups excluding carboxylic acids is 1. The molecule has 1 unspecified atom stereocenters. The molecule has 1 aromatic rings. The maximum atomic E-state index is 11.4. The SMILES string of the molecule is CNC(=O)C(C)Nc1c(C(=O)O)cccc1[N+](=O)[O-]. The van der Waals surface area contributed by atoms with E-state index in [1.807, 2.05) is 0 Å². The summed E-state index contributed by atoms with van der Waals surface area (Å²) in [7, 11) is 1.41. The number of likely N-dealkylation sites (N-methyl/N-ethyl adjacent to an activating group) is 1. The van der Waals surface area contributed by atoms with Crippen molar-refractivity contribution in [1.82, 2.24) is 5.32 Å². The lowest BCUT2D eigenvalue weighted by Crippen LogP contribution is -2.35. The molecule has 0 radical (unpaired) electrons. The number of carbonyl (C=O) groups is 2. The van der Waals surface area contributed by atoms with E-state index in [4.69, 9.17) is 5.11 Å². The number of para-hydroxylation sites is 1. The van der Waals surface area contributed by atoms with Crippen LogP contribution in [0.25, 0.3) is 0 Å². The van der Waals surface area contributed by atoms with Crippen LogP contribution in [-0.2, 0) is 4.79 Å². The van der Waals surface area contributed by atoms with Gasteiger partial charge in [-0.15, -0.1) is 0 Å². The molecule has 3 N–H and O–H groups in total. The Kier molecular flexibility index (Phi) is 4.41. The van der Waals surface area contributed by atoms with Gasteiger partial charge in [0.1, 0.15) is 11.7 Å². The molecule has 19 heavy (non-hydrogen) atoms. The van der Waals surface area contributed by atoms with Crippen molar-refractivity contribution in [2.75, 3.05) is 12.4 Å². The number of nitro benzene ring substituents is 1. The van der Waals surface area contributed by atoms with Crippen molar-refractivity contribution in [3.05, 3.63) is 33.9 Å². The average molecular weight is 267 g/mol. The maximum Gasteiger partial charge on any atom is 0.338 e. The summed E-state index contributed by atoms with van der Waals surface area (Å²) >= 11 is 0. The van der Waals surface area contributed by atoms with Gasteiger partial charge in [-0.3, -0.25) is 14.9 Å². The van der Waals surface area contributed by atoms with Crippen molar-refractivity contribution in [1.29, 1.82) is 0 Å². The molecule has 0 heterocycles. The standard InChI is InChI=1S/C11H13N3O5/c1-6(10(15)12-2)13-9-7(11(16)17)4-3-5-8(9)14(18)19/h3-6,13H,1-2H3,(H,12,15)(H,16,17). The molecule has 0 aliphatic heterocycles. The normalized spacial score (nSPS) is 11.5. The summed E-state index contributed by atoms with van der Waals surface area (Å²) in [5.74, 6) is -1.72. The van der Waals surface area contributed by atoms with Gasteiger partial charge in [0.15, 0.2) is 0 Å². The molecule has 1 atom stereocenters. The number of carboxylic acid groups (broad SMARTS) is 1. The Morgan fingerprint density at radius 1 is 1.42 bits per heavy atom. The summed E-state index contributed by atoms with van der Waals surface area (Å²) in [5.41, 5.74) is -0.836. The van der Waals surface area contributed by atoms with Crippen LogP contribution in [0.3, 0.4) is 0 Å². The number of aromatic carboxylic acids is 1. The molecule has 0 aliphatic carbocycles. The third-order valence-corrected chi connectivity index (χ3v) is 2.47. The predicted molar refractivity (Wildman–Crippen MR) is 67.2 cm³/mol. The van der Waals surface area contributed by atoms with E-state index in [0.717, 1.165) is 0 Å². The van der Waals surface area contributed by atoms with Crippen molar-refractivity contribution < 1.29 is 19.6 Å². The van der Waals surface area contributed by atoms with E-state index in [1.54, 1.807) is 0 Å². The highest BCUT2D eigenvalue weighted by molar-refractivity contribution is 5.98. The molecule has 0 saturated carbocycles. The smallest absolute Gasteiger partial charge is 0.338 e. The molecule has 0 spiro atoms. The minimum atomic E-state index is -1.31. The topological polar surface area (TPSA) is 122 Å². The molecule has 0 fully saturated rings. The highest BCUT2D eigenvalue weighted by Gasteiger charge is 2.24. The number of nitrogens with one attached hydrogen (secondary N) is 2. The first kappa shape index (κ1) is 14.4. The number of hydrogen-bond donors (Lipinski definition) is 3. The summed E-state index contributed by atoms with van der Waals surface area (Å²) in [5, 5.41) is 24.8. The fraction of sp³-hybridized carbons (Fsp3) is 0.273. The third-order valence-electron chi connectivity index (χ3n) is 2.47. The van der Waals surface area contributed by atoms with Gasteiger partial charge in [-0.25, -0.2) is 4.79 Å². The lowest BCUT2D eigenvalue weighted by atomic mass is 10.1. The van der Waals surface area contributed by atoms with Gasteiger partial charge in [0.05, 0.1) is 10.5 Å². The summed E-state index contributed by atoms with van der Waals surface area (Å²) in [6.07, 6.45) is 0. The van der Waals surface area contributed by atoms with Crippen molar-refractivity contribution >= 4 is 23.3 Å². The highest BCUT2D eigenvalue weighted by Crippen LogP contribution is 2.28. The van der Waals surface area contributed by atoms with Crippen LogP contribution in [0.1, 0.15) is 17.3 Å². The summed E-state index contributed by atoms with van der Waals surface area (Å²) in [6, 6.07) is 2.88. The molecule has 0 aromatic heterocycles. The maximum absolute atomic E-state index is 11.4. The van der Waals surface area contributed by atoms with E-state index in [0.29, 0.717) is 0 Å². The number of carboxylic acids is 1. The first-order chi connectivity index (χ1) is 8.88. The van der Waals surface area contributed by atoms with Gasteiger partial charge in [-0.1, -0.05) is 6.07 Å². The summed E-state index contributed by atoms with van der Waals surface area (Å²) in [6.45, 7) is 1.47. The van der Waals surface area contributed by atoms with Crippen LogP contribution in [0.5, 0.6) is 0 Å². The van der Waals surface area contributed by atoms with Gasteiger partial charge in [0.25, 0.3) is 5.69 Å². The number of anilines is 1. The van der Waals surface area contributed by atoms with Gasteiger partial charge in [0, 0.05) is 13.1 Å². The van der Waals surface area contributed by atoms with E-state index in [2.05, 4.69) is 10.6 Å². The van der Waals surface area contributed by atoms with E-state index >= 15 is 0 Å². The van der Waals surface area contributed by atoms with Crippen LogP contribution in [0.2, 0.25) is 0 Å². The number of nitro groups is 1. The van der Waals surface area contributed by atoms with Gasteiger partial charge in [0.2, 0.25) is 5.91 Å². The Hall–Kier alpha value is -2.64. The zero-order valence-electron chi connectivity index (χ0n) is 10.3. The fourth-order valence-electron chi connectivity index (χ4n) is 1.52. The van der Waals surface area contributed by atoms with Gasteiger partial charge >= 0.3 is 5.97 Å². The molecule has 102 valence electrons. The highest BCUT2D eigenvalue weighted by atomic mass is 16.6. The van der Waals surface area contributed by atoms with E-state index in [1.165, 1.54) is 32.2 Å². The van der Waals surface area contributed by atoms with E-state index < -0.39 is 28.5 Å². The van der Waals surface area contributed by atoms with Crippen LogP contribution < -0.4 is 10.6 Å². The van der Waals surface area contributed by atoms with Crippen LogP contribution in [0.15, 0.2) is 18.2 Å². The predicted octanol–water partition coefficient (Wildman–Crippen LogP) is 0.839. The molecular weight excluding hydrogens is 254 g/mol. The van der Waals surface area contributed by atoms with Gasteiger partial charge < -0.3 is 15.7 Å². The van der Waals surface area contributed by atoms with E-state index in [-0.39, 0.29) is 11.3 Å². The molecule has 0 aliphatic rings. The zero-order valence-corrected chi connectivity index (χ0v) is 10.3. The molecule has 8 nitrogen and oxygen atoms in total. The van der Waals surface area contributed by atoms with Crippen LogP contribution >= 0.6 is 0 Å². The summed E-state index contributed by atoms with van der Waals surface area (Å²) < 4.78 is 0. The number of nitrogens with zero attached hydrogens (tertiary/aromatic N) is 1. The van der Waals surface area contributed by atoms with Crippen molar-refractivity contribution in [3.8, 4) is 0 Å². The van der Waals surface area contributed by atoms with Gasteiger partial charge in [-0.05, 0) is 13.0 Å². The second kappa shape index (κ2) is 5.80. The van der Waals surface area contributed by atoms with Crippen molar-refractivity contribution in [3.63, 3.8) is 0 Å². The van der Waals surface area contributed by atoms with Crippen LogP contribution in [-0.4, -0.2) is 35.0 Å². The zero-order chi connectivity index (χ0) is 14.6. The Balaban J connectivity index is 3.25. The second-order valence-corrected chi connectivity index (χ2v) is 3.74. The van der Waals surface area contributed by atoms with Gasteiger partial charge in [-0.2, -0.15) is 0 Å². The number of hydrogen-bond acceptors (Lipinski definition) is 5. The monoisotopic (exact) mass is 267 g/mol. The largest absolute Gasteiger partial charge is 0.478 e. The quantitative estimate of drug-likeness (QED) is 0.536. The fourth-order valence-corrected chi connectivity index (χ4v) is 1.52. The Morgan fingerprint density at radius 2 is 2.05 bits per heavy atom. The molecule has 1 rings (SSSR count). The minimum absolute atomic E-state index is 0.184. The molecule has 8 heteroatoms. The second-order valence-electron chi connectivity index (χ2n) is 3.74. The Morgan fingerprint density at radius 3 is 2.53 bits per heavy atom. The number of amides is 1. The Labute approximate surface area is 108 Å². The van der Waals surface area contributed by atoms with Crippen LogP contribution in [0.4, 0.5) is 11.4 Å². The van der Waals surface area contributed by atoms with Crippen LogP contribution in [0, 0.1) is 10.1 Å². The van der Waals surface area contributed by atoms with Crippen molar-refractivity contribution in [2.24, 2.45) is 0 Å². The lowest BCUT2D eigenvalue weighted by molar-refractivity contribution is -0.384. The Bertz CT molecular complexity index is 497. The molecule has 1 aromatic carbocycles. The minimum Gasteiger partial charge on any atom is -0.478 e. The van der Waals surface area contributed by atoms with E-state index in [9.17, 15) is 19.7 Å². The average Bonchev–Trinajstić information content (AvgIpc) is 2.37. The first-order valence-electron chi connectivity index (χ1n) is 5.37. The molecular formula is C11H13N3O5. The lowest BCUT2D eigenvalue weighted by Gasteiger charge is -2.15.